The standard InChI is InChI=1S/C19H29N3O2/c1-2-3-4-5-6-7-8-11-16-24-19(23)14-15-22-20-17-12-9-10-13-18(17)21-22/h9-10,12-13H,2-8,11,14-16H2,1H3. The third-order valence-electron chi connectivity index (χ3n) is 4.10. The molecule has 0 unspecified atom stereocenters. The topological polar surface area (TPSA) is 57.0 Å². The van der Waals surface area contributed by atoms with Gasteiger partial charge in [0.2, 0.25) is 0 Å². The molecule has 0 bridgehead atoms. The van der Waals surface area contributed by atoms with E-state index in [2.05, 4.69) is 17.1 Å². The van der Waals surface area contributed by atoms with E-state index < -0.39 is 0 Å². The number of unbranched alkanes of at least 4 members (excludes halogenated alkanes) is 7. The van der Waals surface area contributed by atoms with E-state index >= 15 is 0 Å². The van der Waals surface area contributed by atoms with Gasteiger partial charge in [0.05, 0.1) is 19.6 Å². The average molecular weight is 331 g/mol. The molecule has 1 aromatic carbocycles. The van der Waals surface area contributed by atoms with E-state index in [9.17, 15) is 4.79 Å². The molecule has 0 spiro atoms. The van der Waals surface area contributed by atoms with Crippen LogP contribution in [0, 0.1) is 0 Å². The van der Waals surface area contributed by atoms with Gasteiger partial charge in [0.15, 0.2) is 0 Å². The van der Waals surface area contributed by atoms with Crippen molar-refractivity contribution in [3.05, 3.63) is 24.3 Å². The van der Waals surface area contributed by atoms with Gasteiger partial charge >= 0.3 is 5.97 Å². The second kappa shape index (κ2) is 10.8. The van der Waals surface area contributed by atoms with Crippen LogP contribution in [0.4, 0.5) is 0 Å². The molecule has 1 heterocycles. The van der Waals surface area contributed by atoms with Crippen LogP contribution in [0.1, 0.15) is 64.7 Å². The Morgan fingerprint density at radius 3 is 2.17 bits per heavy atom. The molecule has 0 atom stereocenters. The molecule has 5 heteroatoms. The Bertz CT molecular complexity index is 576. The van der Waals surface area contributed by atoms with Gasteiger partial charge in [0.25, 0.3) is 0 Å². The van der Waals surface area contributed by atoms with E-state index in [-0.39, 0.29) is 5.97 Å². The maximum Gasteiger partial charge on any atom is 0.307 e. The molecular weight excluding hydrogens is 302 g/mol. The summed E-state index contributed by atoms with van der Waals surface area (Å²) in [6, 6.07) is 7.69. The van der Waals surface area contributed by atoms with Crippen LogP contribution in [0.25, 0.3) is 11.0 Å². The summed E-state index contributed by atoms with van der Waals surface area (Å²) >= 11 is 0. The number of aromatic nitrogens is 3. The predicted molar refractivity (Wildman–Crippen MR) is 95.7 cm³/mol. The molecule has 132 valence electrons. The van der Waals surface area contributed by atoms with Gasteiger partial charge in [0.1, 0.15) is 11.0 Å². The third-order valence-corrected chi connectivity index (χ3v) is 4.10. The molecule has 0 saturated heterocycles. The molecule has 0 aliphatic rings. The maximum absolute atomic E-state index is 11.7. The minimum Gasteiger partial charge on any atom is -0.466 e. The van der Waals surface area contributed by atoms with Crippen LogP contribution in [-0.4, -0.2) is 27.6 Å². The molecular formula is C19H29N3O2. The van der Waals surface area contributed by atoms with E-state index in [4.69, 9.17) is 4.74 Å². The van der Waals surface area contributed by atoms with Gasteiger partial charge in [-0.1, -0.05) is 64.0 Å². The summed E-state index contributed by atoms with van der Waals surface area (Å²) in [5.74, 6) is -0.167. The van der Waals surface area contributed by atoms with Crippen LogP contribution in [0.15, 0.2) is 24.3 Å². The Hall–Kier alpha value is -1.91. The second-order valence-electron chi connectivity index (χ2n) is 6.23. The van der Waals surface area contributed by atoms with Crippen molar-refractivity contribution in [2.45, 2.75) is 71.3 Å². The number of rotatable bonds is 12. The first-order valence-corrected chi connectivity index (χ1v) is 9.25. The number of aryl methyl sites for hydroxylation is 1. The Morgan fingerprint density at radius 1 is 0.958 bits per heavy atom. The highest BCUT2D eigenvalue weighted by molar-refractivity contribution is 5.73. The van der Waals surface area contributed by atoms with E-state index in [1.807, 2.05) is 24.3 Å². The highest BCUT2D eigenvalue weighted by Gasteiger charge is 2.06. The summed E-state index contributed by atoms with van der Waals surface area (Å²) in [4.78, 5) is 13.3. The fourth-order valence-corrected chi connectivity index (χ4v) is 2.69. The van der Waals surface area contributed by atoms with Crippen molar-refractivity contribution in [3.8, 4) is 0 Å². The summed E-state index contributed by atoms with van der Waals surface area (Å²) in [5, 5.41) is 8.67. The molecule has 0 saturated carbocycles. The molecule has 0 aliphatic carbocycles. The van der Waals surface area contributed by atoms with Crippen LogP contribution >= 0.6 is 0 Å². The molecule has 0 fully saturated rings. The van der Waals surface area contributed by atoms with Gasteiger partial charge in [-0.15, -0.1) is 0 Å². The quantitative estimate of drug-likeness (QED) is 0.424. The number of esters is 1. The third kappa shape index (κ3) is 6.69. The molecule has 2 rings (SSSR count). The number of ether oxygens (including phenoxy) is 1. The molecule has 0 amide bonds. The highest BCUT2D eigenvalue weighted by atomic mass is 16.5. The molecule has 2 aromatic rings. The fraction of sp³-hybridized carbons (Fsp3) is 0.632. The van der Waals surface area contributed by atoms with Crippen molar-refractivity contribution in [2.75, 3.05) is 6.61 Å². The number of hydrogen-bond donors (Lipinski definition) is 0. The van der Waals surface area contributed by atoms with Crippen molar-refractivity contribution < 1.29 is 9.53 Å². The number of hydrogen-bond acceptors (Lipinski definition) is 4. The molecule has 24 heavy (non-hydrogen) atoms. The number of fused-ring (bicyclic) bond motifs is 1. The monoisotopic (exact) mass is 331 g/mol. The summed E-state index contributed by atoms with van der Waals surface area (Å²) in [6.45, 7) is 3.23. The van der Waals surface area contributed by atoms with Gasteiger partial charge < -0.3 is 4.74 Å². The lowest BCUT2D eigenvalue weighted by Gasteiger charge is -2.05. The SMILES string of the molecule is CCCCCCCCCCOC(=O)CCn1nc2ccccc2n1. The summed E-state index contributed by atoms with van der Waals surface area (Å²) in [6.07, 6.45) is 10.3. The fourth-order valence-electron chi connectivity index (χ4n) is 2.69. The smallest absolute Gasteiger partial charge is 0.307 e. The first-order valence-electron chi connectivity index (χ1n) is 9.25. The Balaban J connectivity index is 1.51. The van der Waals surface area contributed by atoms with Crippen molar-refractivity contribution in [2.24, 2.45) is 0 Å². The van der Waals surface area contributed by atoms with Gasteiger partial charge in [-0.25, -0.2) is 0 Å². The van der Waals surface area contributed by atoms with Crippen LogP contribution < -0.4 is 0 Å². The van der Waals surface area contributed by atoms with Gasteiger partial charge in [-0.2, -0.15) is 15.0 Å². The van der Waals surface area contributed by atoms with Gasteiger partial charge in [0, 0.05) is 0 Å². The lowest BCUT2D eigenvalue weighted by atomic mass is 10.1. The number of carbonyl (C=O) groups excluding carboxylic acids is 1. The lowest BCUT2D eigenvalue weighted by Crippen LogP contribution is -2.11. The van der Waals surface area contributed by atoms with E-state index in [1.54, 1.807) is 4.80 Å². The predicted octanol–water partition coefficient (Wildman–Crippen LogP) is 4.51. The highest BCUT2D eigenvalue weighted by Crippen LogP contribution is 2.09. The zero-order valence-corrected chi connectivity index (χ0v) is 14.7. The Morgan fingerprint density at radius 2 is 1.54 bits per heavy atom. The van der Waals surface area contributed by atoms with Crippen LogP contribution in [0.5, 0.6) is 0 Å². The summed E-state index contributed by atoms with van der Waals surface area (Å²) < 4.78 is 5.28. The average Bonchev–Trinajstić information content (AvgIpc) is 3.01. The molecule has 0 aliphatic heterocycles. The molecule has 1 aromatic heterocycles. The van der Waals surface area contributed by atoms with Crippen LogP contribution in [-0.2, 0) is 16.1 Å². The number of carbonyl (C=O) groups is 1. The Kier molecular flexibility index (Phi) is 8.28. The van der Waals surface area contributed by atoms with E-state index in [0.717, 1.165) is 23.9 Å². The molecule has 5 nitrogen and oxygen atoms in total. The first kappa shape index (κ1) is 18.4. The van der Waals surface area contributed by atoms with E-state index in [1.165, 1.54) is 38.5 Å². The van der Waals surface area contributed by atoms with Crippen LogP contribution in [0.2, 0.25) is 0 Å². The molecule has 0 N–H and O–H groups in total. The van der Waals surface area contributed by atoms with Crippen molar-refractivity contribution >= 4 is 17.0 Å². The number of nitrogens with zero attached hydrogens (tertiary/aromatic N) is 3. The summed E-state index contributed by atoms with van der Waals surface area (Å²) in [5.41, 5.74) is 1.70. The molecule has 0 radical (unpaired) electrons. The van der Waals surface area contributed by atoms with Crippen molar-refractivity contribution in [1.29, 1.82) is 0 Å². The lowest BCUT2D eigenvalue weighted by molar-refractivity contribution is -0.144. The van der Waals surface area contributed by atoms with Gasteiger partial charge in [-0.3, -0.25) is 4.79 Å². The summed E-state index contributed by atoms with van der Waals surface area (Å²) in [7, 11) is 0. The van der Waals surface area contributed by atoms with E-state index in [0.29, 0.717) is 19.6 Å². The normalized spacial score (nSPS) is 11.0. The van der Waals surface area contributed by atoms with Gasteiger partial charge in [-0.05, 0) is 18.6 Å². The maximum atomic E-state index is 11.7. The van der Waals surface area contributed by atoms with Crippen LogP contribution in [0.3, 0.4) is 0 Å². The minimum absolute atomic E-state index is 0.167. The first-order chi connectivity index (χ1) is 11.8. The zero-order chi connectivity index (χ0) is 17.0. The minimum atomic E-state index is -0.167. The largest absolute Gasteiger partial charge is 0.466 e. The van der Waals surface area contributed by atoms with Crippen molar-refractivity contribution in [1.82, 2.24) is 15.0 Å². The van der Waals surface area contributed by atoms with Crippen molar-refractivity contribution in [3.63, 3.8) is 0 Å². The second-order valence-corrected chi connectivity index (χ2v) is 6.23. The zero-order valence-electron chi connectivity index (χ0n) is 14.7. The Labute approximate surface area is 144 Å². The number of benzene rings is 1.